The van der Waals surface area contributed by atoms with Crippen molar-refractivity contribution < 1.29 is 19.7 Å². The molecule has 0 saturated heterocycles. The summed E-state index contributed by atoms with van der Waals surface area (Å²) < 4.78 is 5.08. The van der Waals surface area contributed by atoms with Gasteiger partial charge in [-0.2, -0.15) is 0 Å². The summed E-state index contributed by atoms with van der Waals surface area (Å²) in [7, 11) is 0. The molecule has 19 heavy (non-hydrogen) atoms. The van der Waals surface area contributed by atoms with E-state index in [-0.39, 0.29) is 6.42 Å². The molecule has 1 aromatic heterocycles. The van der Waals surface area contributed by atoms with Crippen LogP contribution in [0.15, 0.2) is 17.1 Å². The second kappa shape index (κ2) is 6.06. The summed E-state index contributed by atoms with van der Waals surface area (Å²) in [6, 6.07) is 2.98. The van der Waals surface area contributed by atoms with Gasteiger partial charge in [-0.3, -0.25) is 9.79 Å². The lowest BCUT2D eigenvalue weighted by Gasteiger charge is -2.30. The number of thiophene rings is 1. The van der Waals surface area contributed by atoms with Crippen molar-refractivity contribution in [3.8, 4) is 0 Å². The van der Waals surface area contributed by atoms with E-state index >= 15 is 0 Å². The van der Waals surface area contributed by atoms with Crippen LogP contribution in [0, 0.1) is 6.92 Å². The smallest absolute Gasteiger partial charge is 0.305 e. The number of aryl methyl sites for hydroxylation is 1. The Kier molecular flexibility index (Phi) is 4.94. The van der Waals surface area contributed by atoms with Gasteiger partial charge in [0.2, 0.25) is 0 Å². The number of carboxylic acid groups (broad SMARTS) is 1. The lowest BCUT2D eigenvalue weighted by atomic mass is 10.2. The zero-order valence-electron chi connectivity index (χ0n) is 11.5. The standard InChI is InChI=1S/C13H19NO4S/c1-8-5-6-10(19-8)9(7-11(15)16)14-12(17)18-13(2,3)4/h5-6,9H,7H2,1-4H3,(H,14,17)(H,15,16)/p-1. The first-order valence-corrected chi connectivity index (χ1v) is 6.71. The molecule has 1 heterocycles. The van der Waals surface area contributed by atoms with E-state index in [0.717, 1.165) is 9.75 Å². The molecule has 0 saturated carbocycles. The zero-order valence-corrected chi connectivity index (χ0v) is 12.3. The first-order valence-electron chi connectivity index (χ1n) is 5.89. The number of carbonyl (C=O) groups is 1. The predicted molar refractivity (Wildman–Crippen MR) is 72.3 cm³/mol. The molecule has 0 radical (unpaired) electrons. The molecule has 0 amide bonds. The maximum Gasteiger partial charge on any atom is 0.305 e. The molecule has 106 valence electrons. The third kappa shape index (κ3) is 5.74. The zero-order chi connectivity index (χ0) is 14.6. The summed E-state index contributed by atoms with van der Waals surface area (Å²) in [6.45, 7) is 7.13. The van der Waals surface area contributed by atoms with Crippen LogP contribution in [0.25, 0.3) is 0 Å². The van der Waals surface area contributed by atoms with E-state index in [4.69, 9.17) is 9.84 Å². The van der Waals surface area contributed by atoms with Crippen LogP contribution in [0.2, 0.25) is 0 Å². The summed E-state index contributed by atoms with van der Waals surface area (Å²) in [5.41, 5.74) is -0.639. The molecule has 0 fully saturated rings. The Morgan fingerprint density at radius 1 is 1.53 bits per heavy atom. The Morgan fingerprint density at radius 2 is 2.16 bits per heavy atom. The maximum atomic E-state index is 11.7. The molecule has 0 spiro atoms. The molecule has 0 bridgehead atoms. The lowest BCUT2D eigenvalue weighted by molar-refractivity contribution is -0.261. The van der Waals surface area contributed by atoms with Gasteiger partial charge in [0.15, 0.2) is 0 Å². The molecule has 1 N–H and O–H groups in total. The van der Waals surface area contributed by atoms with Gasteiger partial charge in [-0.05, 0) is 19.1 Å². The van der Waals surface area contributed by atoms with E-state index in [9.17, 15) is 9.90 Å². The van der Waals surface area contributed by atoms with Gasteiger partial charge in [0.05, 0.1) is 12.5 Å². The van der Waals surface area contributed by atoms with Crippen molar-refractivity contribution in [2.45, 2.75) is 45.8 Å². The van der Waals surface area contributed by atoms with Gasteiger partial charge in [0.25, 0.3) is 0 Å². The Morgan fingerprint density at radius 3 is 2.58 bits per heavy atom. The van der Waals surface area contributed by atoms with Gasteiger partial charge in [-0.25, -0.2) is 0 Å². The minimum absolute atomic E-state index is 0.223. The summed E-state index contributed by atoms with van der Waals surface area (Å²) in [5.74, 6) is -0.997. The average molecular weight is 284 g/mol. The highest BCUT2D eigenvalue weighted by Gasteiger charge is 2.17. The van der Waals surface area contributed by atoms with Crippen molar-refractivity contribution in [2.24, 2.45) is 4.99 Å². The van der Waals surface area contributed by atoms with Gasteiger partial charge in [0.1, 0.15) is 6.08 Å². The van der Waals surface area contributed by atoms with Crippen LogP contribution in [0.1, 0.15) is 43.0 Å². The van der Waals surface area contributed by atoms with Crippen LogP contribution in [0.5, 0.6) is 0 Å². The highest BCUT2D eigenvalue weighted by Crippen LogP contribution is 2.28. The SMILES string of the molecule is Cc1ccc(C(CC(=O)O)N=C([O-])OC(C)(C)C)s1. The second-order valence-corrected chi connectivity index (χ2v) is 6.49. The maximum absolute atomic E-state index is 11.7. The number of carboxylic acids is 1. The molecule has 0 aliphatic carbocycles. The van der Waals surface area contributed by atoms with Crippen molar-refractivity contribution in [3.63, 3.8) is 0 Å². The van der Waals surface area contributed by atoms with Crippen molar-refractivity contribution in [3.05, 3.63) is 21.9 Å². The fourth-order valence-corrected chi connectivity index (χ4v) is 2.34. The summed E-state index contributed by atoms with van der Waals surface area (Å²) in [6.07, 6.45) is -0.955. The largest absolute Gasteiger partial charge is 0.595 e. The Bertz CT molecular complexity index is 473. The molecular formula is C13H18NO4S-. The van der Waals surface area contributed by atoms with Crippen LogP contribution in [0.4, 0.5) is 0 Å². The van der Waals surface area contributed by atoms with E-state index in [1.807, 2.05) is 13.0 Å². The predicted octanol–water partition coefficient (Wildman–Crippen LogP) is 2.10. The van der Waals surface area contributed by atoms with Crippen LogP contribution in [-0.4, -0.2) is 22.8 Å². The third-order valence-electron chi connectivity index (χ3n) is 2.11. The van der Waals surface area contributed by atoms with E-state index in [1.165, 1.54) is 11.3 Å². The Labute approximate surface area is 116 Å². The normalized spacial score (nSPS) is 14.2. The van der Waals surface area contributed by atoms with Gasteiger partial charge >= 0.3 is 5.97 Å². The van der Waals surface area contributed by atoms with Crippen molar-refractivity contribution >= 4 is 23.4 Å². The average Bonchev–Trinajstić information content (AvgIpc) is 2.60. The number of ether oxygens (including phenoxy) is 1. The first-order chi connectivity index (χ1) is 8.67. The quantitative estimate of drug-likeness (QED) is 0.678. The Hall–Kier alpha value is -1.56. The minimum atomic E-state index is -0.997. The topological polar surface area (TPSA) is 82.0 Å². The number of aliphatic carboxylic acids is 1. The first kappa shape index (κ1) is 15.5. The number of aliphatic imine (C=N–C) groups is 1. The van der Waals surface area contributed by atoms with Gasteiger partial charge in [-0.15, -0.1) is 11.3 Å². The molecule has 1 aromatic rings. The van der Waals surface area contributed by atoms with Crippen molar-refractivity contribution in [1.29, 1.82) is 0 Å². The molecule has 1 unspecified atom stereocenters. The number of rotatable bonds is 4. The number of hydrogen-bond donors (Lipinski definition) is 1. The summed E-state index contributed by atoms with van der Waals surface area (Å²) >= 11 is 1.43. The highest BCUT2D eigenvalue weighted by molar-refractivity contribution is 7.12. The number of nitrogens with zero attached hydrogens (tertiary/aromatic N) is 1. The molecule has 6 heteroatoms. The van der Waals surface area contributed by atoms with Crippen LogP contribution >= 0.6 is 11.3 Å². The molecular weight excluding hydrogens is 266 g/mol. The molecule has 1 atom stereocenters. The monoisotopic (exact) mass is 284 g/mol. The fraction of sp³-hybridized carbons (Fsp3) is 0.538. The van der Waals surface area contributed by atoms with Crippen LogP contribution in [0.3, 0.4) is 0 Å². The molecule has 1 rings (SSSR count). The van der Waals surface area contributed by atoms with E-state index < -0.39 is 23.7 Å². The van der Waals surface area contributed by atoms with Crippen LogP contribution < -0.4 is 5.11 Å². The van der Waals surface area contributed by atoms with E-state index in [0.29, 0.717) is 0 Å². The second-order valence-electron chi connectivity index (χ2n) is 5.17. The molecule has 0 aliphatic heterocycles. The molecule has 0 aliphatic rings. The summed E-state index contributed by atoms with van der Waals surface area (Å²) in [4.78, 5) is 16.5. The fourth-order valence-electron chi connectivity index (χ4n) is 1.42. The van der Waals surface area contributed by atoms with Gasteiger partial charge in [0, 0.05) is 15.4 Å². The highest BCUT2D eigenvalue weighted by atomic mass is 32.1. The van der Waals surface area contributed by atoms with E-state index in [2.05, 4.69) is 4.99 Å². The van der Waals surface area contributed by atoms with Crippen LogP contribution in [-0.2, 0) is 9.53 Å². The lowest BCUT2D eigenvalue weighted by Crippen LogP contribution is -2.32. The molecule has 0 aromatic carbocycles. The minimum Gasteiger partial charge on any atom is -0.595 e. The van der Waals surface area contributed by atoms with Crippen molar-refractivity contribution in [2.75, 3.05) is 0 Å². The summed E-state index contributed by atoms with van der Waals surface area (Å²) in [5, 5.41) is 20.5. The molecule has 5 nitrogen and oxygen atoms in total. The Balaban J connectivity index is 2.92. The van der Waals surface area contributed by atoms with Gasteiger partial charge < -0.3 is 14.9 Å². The van der Waals surface area contributed by atoms with E-state index in [1.54, 1.807) is 26.8 Å². The van der Waals surface area contributed by atoms with Crippen molar-refractivity contribution in [1.82, 2.24) is 0 Å². The van der Waals surface area contributed by atoms with Gasteiger partial charge in [-0.1, -0.05) is 20.8 Å². The third-order valence-corrected chi connectivity index (χ3v) is 3.21. The number of hydrogen-bond acceptors (Lipinski definition) is 5.